The van der Waals surface area contributed by atoms with E-state index in [1.165, 1.54) is 19.4 Å². The molecule has 24 heavy (non-hydrogen) atoms. The maximum atomic E-state index is 11.4. The van der Waals surface area contributed by atoms with Gasteiger partial charge >= 0.3 is 17.8 Å². The Morgan fingerprint density at radius 1 is 1.33 bits per heavy atom. The van der Waals surface area contributed by atoms with Gasteiger partial charge in [0.1, 0.15) is 0 Å². The summed E-state index contributed by atoms with van der Waals surface area (Å²) < 4.78 is 10.7. The summed E-state index contributed by atoms with van der Waals surface area (Å²) in [6.07, 6.45) is 1.30. The zero-order valence-electron chi connectivity index (χ0n) is 13.0. The highest BCUT2D eigenvalue weighted by atomic mass is 79.9. The smallest absolute Gasteiger partial charge is 0.341 e. The standard InChI is InChI=1S/C14H16BrN3O6/c1-3-16-13(21)14(22)18-17-6-8-4-9(15)12(10(5-8)23-2)24-7-11(19)20/h4-6H,3,7H2,1-2H3,(H,16,21)(H,18,22)(H,19,20)/b17-6-. The molecule has 130 valence electrons. The highest BCUT2D eigenvalue weighted by molar-refractivity contribution is 9.10. The van der Waals surface area contributed by atoms with Gasteiger partial charge in [0, 0.05) is 6.54 Å². The van der Waals surface area contributed by atoms with Crippen molar-refractivity contribution in [2.75, 3.05) is 20.3 Å². The summed E-state index contributed by atoms with van der Waals surface area (Å²) in [5.74, 6) is -2.29. The number of hydrogen-bond donors (Lipinski definition) is 3. The minimum atomic E-state index is -1.12. The number of carboxylic acids is 1. The van der Waals surface area contributed by atoms with Gasteiger partial charge in [-0.05, 0) is 40.5 Å². The van der Waals surface area contributed by atoms with Crippen LogP contribution in [0.4, 0.5) is 0 Å². The number of benzene rings is 1. The van der Waals surface area contributed by atoms with Crippen LogP contribution >= 0.6 is 15.9 Å². The Balaban J connectivity index is 2.84. The molecule has 0 spiro atoms. The average molecular weight is 402 g/mol. The predicted molar refractivity (Wildman–Crippen MR) is 88.2 cm³/mol. The summed E-state index contributed by atoms with van der Waals surface area (Å²) >= 11 is 3.24. The van der Waals surface area contributed by atoms with Gasteiger partial charge in [0.2, 0.25) is 0 Å². The summed E-state index contributed by atoms with van der Waals surface area (Å²) in [4.78, 5) is 33.2. The van der Waals surface area contributed by atoms with Crippen LogP contribution in [0.25, 0.3) is 0 Å². The minimum Gasteiger partial charge on any atom is -0.493 e. The molecule has 0 radical (unpaired) electrons. The van der Waals surface area contributed by atoms with Crippen LogP contribution in [-0.2, 0) is 14.4 Å². The summed E-state index contributed by atoms with van der Waals surface area (Å²) in [5.41, 5.74) is 2.61. The van der Waals surface area contributed by atoms with Gasteiger partial charge in [0.25, 0.3) is 0 Å². The molecule has 0 aliphatic rings. The molecule has 0 aliphatic heterocycles. The fourth-order valence-corrected chi connectivity index (χ4v) is 2.12. The fourth-order valence-electron chi connectivity index (χ4n) is 1.55. The van der Waals surface area contributed by atoms with Gasteiger partial charge in [-0.2, -0.15) is 5.10 Å². The molecule has 0 bridgehead atoms. The van der Waals surface area contributed by atoms with E-state index >= 15 is 0 Å². The van der Waals surface area contributed by atoms with E-state index in [1.807, 2.05) is 0 Å². The number of likely N-dealkylation sites (N-methyl/N-ethyl adjacent to an activating group) is 1. The number of nitrogens with one attached hydrogen (secondary N) is 2. The van der Waals surface area contributed by atoms with Crippen LogP contribution < -0.4 is 20.2 Å². The molecular weight excluding hydrogens is 386 g/mol. The van der Waals surface area contributed by atoms with Crippen molar-refractivity contribution in [3.63, 3.8) is 0 Å². The topological polar surface area (TPSA) is 126 Å². The first-order chi connectivity index (χ1) is 11.4. The largest absolute Gasteiger partial charge is 0.493 e. The monoisotopic (exact) mass is 401 g/mol. The number of methoxy groups -OCH3 is 1. The Morgan fingerprint density at radius 3 is 2.62 bits per heavy atom. The van der Waals surface area contributed by atoms with Crippen LogP contribution in [0.5, 0.6) is 11.5 Å². The number of hydrazone groups is 1. The van der Waals surface area contributed by atoms with Crippen LogP contribution in [0.3, 0.4) is 0 Å². The van der Waals surface area contributed by atoms with E-state index in [2.05, 4.69) is 31.8 Å². The Hall–Kier alpha value is -2.62. The number of carboxylic acid groups (broad SMARTS) is 1. The van der Waals surface area contributed by atoms with Gasteiger partial charge in [-0.1, -0.05) is 0 Å². The third kappa shape index (κ3) is 5.88. The third-order valence-corrected chi connectivity index (χ3v) is 3.10. The van der Waals surface area contributed by atoms with Crippen molar-refractivity contribution in [1.29, 1.82) is 0 Å². The lowest BCUT2D eigenvalue weighted by atomic mass is 10.2. The summed E-state index contributed by atoms with van der Waals surface area (Å²) in [6, 6.07) is 3.12. The van der Waals surface area contributed by atoms with Crippen LogP contribution in [0.15, 0.2) is 21.7 Å². The van der Waals surface area contributed by atoms with Gasteiger partial charge in [0.05, 0.1) is 17.8 Å². The molecule has 0 aromatic heterocycles. The highest BCUT2D eigenvalue weighted by Gasteiger charge is 2.13. The summed E-state index contributed by atoms with van der Waals surface area (Å²) in [6.45, 7) is 1.50. The third-order valence-electron chi connectivity index (χ3n) is 2.52. The molecule has 9 nitrogen and oxygen atoms in total. The second-order valence-electron chi connectivity index (χ2n) is 4.28. The van der Waals surface area contributed by atoms with E-state index in [9.17, 15) is 14.4 Å². The van der Waals surface area contributed by atoms with Crippen molar-refractivity contribution in [1.82, 2.24) is 10.7 Å². The van der Waals surface area contributed by atoms with Crippen LogP contribution in [0.1, 0.15) is 12.5 Å². The highest BCUT2D eigenvalue weighted by Crippen LogP contribution is 2.36. The van der Waals surface area contributed by atoms with Crippen LogP contribution in [-0.4, -0.2) is 49.4 Å². The number of carbonyl (C=O) groups excluding carboxylic acids is 2. The molecule has 10 heteroatoms. The number of ether oxygens (including phenoxy) is 2. The number of rotatable bonds is 7. The molecule has 0 fully saturated rings. The molecule has 0 heterocycles. The molecule has 0 saturated carbocycles. The zero-order valence-corrected chi connectivity index (χ0v) is 14.5. The van der Waals surface area contributed by atoms with Crippen molar-refractivity contribution in [2.24, 2.45) is 5.10 Å². The molecule has 0 unspecified atom stereocenters. The first kappa shape index (κ1) is 19.4. The maximum Gasteiger partial charge on any atom is 0.341 e. The van der Waals surface area contributed by atoms with Gasteiger partial charge in [-0.15, -0.1) is 0 Å². The lowest BCUT2D eigenvalue weighted by molar-refractivity contribution is -0.139. The van der Waals surface area contributed by atoms with Crippen molar-refractivity contribution in [3.8, 4) is 11.5 Å². The molecule has 0 saturated heterocycles. The van der Waals surface area contributed by atoms with E-state index < -0.39 is 24.4 Å². The molecule has 0 aliphatic carbocycles. The normalized spacial score (nSPS) is 10.3. The summed E-state index contributed by atoms with van der Waals surface area (Å²) in [5, 5.41) is 14.7. The van der Waals surface area contributed by atoms with Crippen molar-refractivity contribution in [3.05, 3.63) is 22.2 Å². The fraction of sp³-hybridized carbons (Fsp3) is 0.286. The Kier molecular flexibility index (Phi) is 7.69. The maximum absolute atomic E-state index is 11.4. The number of halogens is 1. The van der Waals surface area contributed by atoms with E-state index in [0.29, 0.717) is 16.6 Å². The average Bonchev–Trinajstić information content (AvgIpc) is 2.53. The van der Waals surface area contributed by atoms with Crippen LogP contribution in [0, 0.1) is 0 Å². The Morgan fingerprint density at radius 2 is 2.04 bits per heavy atom. The number of nitrogens with zero attached hydrogens (tertiary/aromatic N) is 1. The Bertz CT molecular complexity index is 662. The first-order valence-electron chi connectivity index (χ1n) is 6.72. The number of hydrogen-bond acceptors (Lipinski definition) is 6. The SMILES string of the molecule is CCNC(=O)C(=O)N/N=C\c1cc(Br)c(OCC(=O)O)c(OC)c1. The van der Waals surface area contributed by atoms with Crippen molar-refractivity contribution < 1.29 is 29.0 Å². The van der Waals surface area contributed by atoms with Crippen molar-refractivity contribution >= 4 is 39.9 Å². The number of aliphatic carboxylic acids is 1. The molecule has 0 atom stereocenters. The quantitative estimate of drug-likeness (QED) is 0.347. The summed E-state index contributed by atoms with van der Waals surface area (Å²) in [7, 11) is 1.40. The lowest BCUT2D eigenvalue weighted by Crippen LogP contribution is -2.37. The van der Waals surface area contributed by atoms with E-state index in [1.54, 1.807) is 13.0 Å². The second kappa shape index (κ2) is 9.50. The predicted octanol–water partition coefficient (Wildman–Crippen LogP) is 0.507. The van der Waals surface area contributed by atoms with Crippen LogP contribution in [0.2, 0.25) is 0 Å². The minimum absolute atomic E-state index is 0.225. The second-order valence-corrected chi connectivity index (χ2v) is 5.13. The van der Waals surface area contributed by atoms with Crippen molar-refractivity contribution in [2.45, 2.75) is 6.92 Å². The van der Waals surface area contributed by atoms with E-state index in [0.717, 1.165) is 0 Å². The Labute approximate surface area is 146 Å². The molecular formula is C14H16BrN3O6. The van der Waals surface area contributed by atoms with Gasteiger partial charge in [-0.3, -0.25) is 9.59 Å². The zero-order chi connectivity index (χ0) is 18.1. The van der Waals surface area contributed by atoms with Gasteiger partial charge < -0.3 is 19.9 Å². The number of amides is 2. The lowest BCUT2D eigenvalue weighted by Gasteiger charge is -2.12. The molecule has 2 amide bonds. The molecule has 1 aromatic rings. The van der Waals surface area contributed by atoms with E-state index in [-0.39, 0.29) is 11.5 Å². The van der Waals surface area contributed by atoms with E-state index in [4.69, 9.17) is 14.6 Å². The van der Waals surface area contributed by atoms with Gasteiger partial charge in [0.15, 0.2) is 18.1 Å². The molecule has 3 N–H and O–H groups in total. The first-order valence-corrected chi connectivity index (χ1v) is 7.51. The number of carbonyl (C=O) groups is 3. The molecule has 1 rings (SSSR count). The molecule has 1 aromatic carbocycles. The van der Waals surface area contributed by atoms with Gasteiger partial charge in [-0.25, -0.2) is 10.2 Å².